The number of nitrogens with zero attached hydrogens (tertiary/aromatic N) is 2. The van der Waals surface area contributed by atoms with Crippen molar-refractivity contribution in [2.45, 2.75) is 0 Å². The van der Waals surface area contributed by atoms with E-state index in [2.05, 4.69) is 0 Å². The van der Waals surface area contributed by atoms with Crippen LogP contribution in [-0.2, 0) is 0 Å². The Bertz CT molecular complexity index is 1140. The molecule has 0 fully saturated rings. The van der Waals surface area contributed by atoms with Gasteiger partial charge in [0.25, 0.3) is 5.69 Å². The lowest BCUT2D eigenvalue weighted by Gasteiger charge is -2.04. The van der Waals surface area contributed by atoms with Gasteiger partial charge in [-0.2, -0.15) is 5.26 Å². The van der Waals surface area contributed by atoms with Gasteiger partial charge in [0.2, 0.25) is 5.78 Å². The normalized spacial score (nSPS) is 11.1. The van der Waals surface area contributed by atoms with Gasteiger partial charge < -0.3 is 4.42 Å². The standard InChI is InChI=1S/C20H10Cl2N2O4/c21-15-5-3-6-16(22)19(15)20(25)12(11-23)10-13-8-9-18(28-13)14-4-1-2-7-17(14)24(26)27/h1-10H. The molecular formula is C20H10Cl2N2O4. The van der Waals surface area contributed by atoms with E-state index in [-0.39, 0.29) is 44.0 Å². The summed E-state index contributed by atoms with van der Waals surface area (Å²) in [7, 11) is 0. The first-order valence-electron chi connectivity index (χ1n) is 7.86. The fraction of sp³-hybridized carbons (Fsp3) is 0. The Morgan fingerprint density at radius 2 is 1.75 bits per heavy atom. The summed E-state index contributed by atoms with van der Waals surface area (Å²) >= 11 is 12.1. The van der Waals surface area contributed by atoms with Crippen LogP contribution in [0.5, 0.6) is 0 Å². The Morgan fingerprint density at radius 1 is 1.07 bits per heavy atom. The largest absolute Gasteiger partial charge is 0.456 e. The van der Waals surface area contributed by atoms with Crippen LogP contribution < -0.4 is 0 Å². The molecule has 0 spiro atoms. The van der Waals surface area contributed by atoms with E-state index in [1.165, 1.54) is 36.4 Å². The van der Waals surface area contributed by atoms with E-state index >= 15 is 0 Å². The van der Waals surface area contributed by atoms with Crippen molar-refractivity contribution >= 4 is 40.7 Å². The Kier molecular flexibility index (Phi) is 5.59. The van der Waals surface area contributed by atoms with E-state index < -0.39 is 10.7 Å². The topological polar surface area (TPSA) is 97.1 Å². The third-order valence-electron chi connectivity index (χ3n) is 3.83. The number of para-hydroxylation sites is 1. The molecule has 6 nitrogen and oxygen atoms in total. The molecular weight excluding hydrogens is 403 g/mol. The molecule has 0 amide bonds. The lowest BCUT2D eigenvalue weighted by Crippen LogP contribution is -2.03. The van der Waals surface area contributed by atoms with Crippen LogP contribution in [-0.4, -0.2) is 10.7 Å². The van der Waals surface area contributed by atoms with Crippen molar-refractivity contribution in [3.63, 3.8) is 0 Å². The van der Waals surface area contributed by atoms with Crippen molar-refractivity contribution in [3.05, 3.63) is 91.7 Å². The molecule has 1 heterocycles. The minimum atomic E-state index is -0.651. The zero-order valence-electron chi connectivity index (χ0n) is 14.1. The maximum absolute atomic E-state index is 12.7. The fourth-order valence-corrected chi connectivity index (χ4v) is 3.13. The van der Waals surface area contributed by atoms with Crippen LogP contribution >= 0.6 is 23.2 Å². The highest BCUT2D eigenvalue weighted by atomic mass is 35.5. The monoisotopic (exact) mass is 412 g/mol. The molecule has 2 aromatic carbocycles. The van der Waals surface area contributed by atoms with Crippen LogP contribution in [0.2, 0.25) is 10.0 Å². The third kappa shape index (κ3) is 3.81. The number of nitro benzene ring substituents is 1. The second-order valence-electron chi connectivity index (χ2n) is 5.57. The van der Waals surface area contributed by atoms with E-state index in [9.17, 15) is 20.2 Å². The van der Waals surface area contributed by atoms with Crippen molar-refractivity contribution in [2.75, 3.05) is 0 Å². The Labute approximate surface area is 169 Å². The SMILES string of the molecule is N#CC(=Cc1ccc(-c2ccccc2[N+](=O)[O-])o1)C(=O)c1c(Cl)cccc1Cl. The first-order chi connectivity index (χ1) is 13.4. The summed E-state index contributed by atoms with van der Waals surface area (Å²) in [5.74, 6) is -0.234. The van der Waals surface area contributed by atoms with Gasteiger partial charge in [-0.1, -0.05) is 41.4 Å². The zero-order valence-corrected chi connectivity index (χ0v) is 15.6. The molecule has 3 rings (SSSR count). The van der Waals surface area contributed by atoms with Gasteiger partial charge in [-0.05, 0) is 30.3 Å². The average Bonchev–Trinajstić information content (AvgIpc) is 3.14. The van der Waals surface area contributed by atoms with Gasteiger partial charge in [0.15, 0.2) is 0 Å². The number of carbonyl (C=O) groups is 1. The molecule has 0 saturated carbocycles. The fourth-order valence-electron chi connectivity index (χ4n) is 2.56. The number of allylic oxidation sites excluding steroid dienone is 1. The van der Waals surface area contributed by atoms with E-state index in [1.54, 1.807) is 24.3 Å². The predicted octanol–water partition coefficient (Wildman–Crippen LogP) is 5.95. The number of benzene rings is 2. The summed E-state index contributed by atoms with van der Waals surface area (Å²) in [6.45, 7) is 0. The maximum Gasteiger partial charge on any atom is 0.280 e. The molecule has 0 unspecified atom stereocenters. The second-order valence-corrected chi connectivity index (χ2v) is 6.39. The lowest BCUT2D eigenvalue weighted by atomic mass is 10.0. The first kappa shape index (κ1) is 19.4. The summed E-state index contributed by atoms with van der Waals surface area (Å²) < 4.78 is 5.59. The van der Waals surface area contributed by atoms with Crippen LogP contribution in [0.25, 0.3) is 17.4 Å². The van der Waals surface area contributed by atoms with E-state index in [1.807, 2.05) is 6.07 Å². The van der Waals surface area contributed by atoms with E-state index in [0.29, 0.717) is 0 Å². The molecule has 138 valence electrons. The highest BCUT2D eigenvalue weighted by molar-refractivity contribution is 6.41. The predicted molar refractivity (Wildman–Crippen MR) is 105 cm³/mol. The van der Waals surface area contributed by atoms with Gasteiger partial charge in [0.1, 0.15) is 23.2 Å². The molecule has 0 radical (unpaired) electrons. The number of rotatable bonds is 5. The van der Waals surface area contributed by atoms with Gasteiger partial charge in [0, 0.05) is 12.1 Å². The summed E-state index contributed by atoms with van der Waals surface area (Å²) in [6, 6.07) is 15.5. The van der Waals surface area contributed by atoms with Gasteiger partial charge >= 0.3 is 0 Å². The van der Waals surface area contributed by atoms with Crippen molar-refractivity contribution in [1.82, 2.24) is 0 Å². The zero-order chi connectivity index (χ0) is 20.3. The Morgan fingerprint density at radius 3 is 2.39 bits per heavy atom. The molecule has 0 aliphatic rings. The summed E-state index contributed by atoms with van der Waals surface area (Å²) in [6.07, 6.45) is 1.24. The van der Waals surface area contributed by atoms with Crippen molar-refractivity contribution in [1.29, 1.82) is 5.26 Å². The van der Waals surface area contributed by atoms with Crippen LogP contribution in [0.1, 0.15) is 16.1 Å². The molecule has 0 aliphatic carbocycles. The van der Waals surface area contributed by atoms with E-state index in [0.717, 1.165) is 0 Å². The highest BCUT2D eigenvalue weighted by Crippen LogP contribution is 2.32. The van der Waals surface area contributed by atoms with Crippen molar-refractivity contribution < 1.29 is 14.1 Å². The molecule has 8 heteroatoms. The van der Waals surface area contributed by atoms with Gasteiger partial charge in [-0.25, -0.2) is 0 Å². The summed E-state index contributed by atoms with van der Waals surface area (Å²) in [4.78, 5) is 23.3. The summed E-state index contributed by atoms with van der Waals surface area (Å²) in [5, 5.41) is 20.8. The molecule has 28 heavy (non-hydrogen) atoms. The lowest BCUT2D eigenvalue weighted by molar-refractivity contribution is -0.384. The van der Waals surface area contributed by atoms with Crippen LogP contribution in [0.3, 0.4) is 0 Å². The number of carbonyl (C=O) groups excluding carboxylic acids is 1. The Balaban J connectivity index is 1.99. The number of nitriles is 1. The van der Waals surface area contributed by atoms with Crippen molar-refractivity contribution in [2.24, 2.45) is 0 Å². The van der Waals surface area contributed by atoms with Crippen LogP contribution in [0.15, 0.2) is 64.6 Å². The van der Waals surface area contributed by atoms with Gasteiger partial charge in [-0.15, -0.1) is 0 Å². The molecule has 0 aliphatic heterocycles. The molecule has 0 bridgehead atoms. The smallest absolute Gasteiger partial charge is 0.280 e. The number of furan rings is 1. The average molecular weight is 413 g/mol. The second kappa shape index (κ2) is 8.09. The summed E-state index contributed by atoms with van der Waals surface area (Å²) in [5.41, 5.74) is -0.0551. The Hall–Kier alpha value is -3.40. The van der Waals surface area contributed by atoms with Gasteiger partial charge in [-0.3, -0.25) is 14.9 Å². The molecule has 0 N–H and O–H groups in total. The van der Waals surface area contributed by atoms with Crippen molar-refractivity contribution in [3.8, 4) is 17.4 Å². The third-order valence-corrected chi connectivity index (χ3v) is 4.46. The molecule has 0 saturated heterocycles. The highest BCUT2D eigenvalue weighted by Gasteiger charge is 2.20. The number of ketones is 1. The number of halogens is 2. The maximum atomic E-state index is 12.7. The number of hydrogen-bond donors (Lipinski definition) is 0. The number of hydrogen-bond acceptors (Lipinski definition) is 5. The van der Waals surface area contributed by atoms with Crippen LogP contribution in [0.4, 0.5) is 5.69 Å². The quantitative estimate of drug-likeness (QED) is 0.169. The molecule has 3 aromatic rings. The van der Waals surface area contributed by atoms with Gasteiger partial charge in [0.05, 0.1) is 26.1 Å². The molecule has 1 aromatic heterocycles. The first-order valence-corrected chi connectivity index (χ1v) is 8.62. The van der Waals surface area contributed by atoms with Crippen LogP contribution in [0, 0.1) is 21.4 Å². The molecule has 0 atom stereocenters. The number of nitro groups is 1. The minimum absolute atomic E-state index is 0.0177. The van der Waals surface area contributed by atoms with E-state index in [4.69, 9.17) is 27.6 Å². The minimum Gasteiger partial charge on any atom is -0.456 e. The number of Topliss-reactive ketones (excluding diaryl/α,β-unsaturated/α-hetero) is 1.